The first-order valence-electron chi connectivity index (χ1n) is 9.81. The van der Waals surface area contributed by atoms with Crippen LogP contribution < -0.4 is 5.32 Å². The largest absolute Gasteiger partial charge is 0.505 e. The van der Waals surface area contributed by atoms with E-state index in [1.165, 1.54) is 0 Å². The van der Waals surface area contributed by atoms with Crippen molar-refractivity contribution in [3.05, 3.63) is 88.2 Å². The average Bonchev–Trinajstić information content (AvgIpc) is 3.32. The molecule has 152 valence electrons. The Labute approximate surface area is 179 Å². The van der Waals surface area contributed by atoms with Crippen molar-refractivity contribution in [2.24, 2.45) is 0 Å². The first-order valence-corrected chi connectivity index (χ1v) is 10.7. The number of benzene rings is 2. The Bertz CT molecular complexity index is 1140. The number of nitrogens with one attached hydrogen (secondary N) is 1. The highest BCUT2D eigenvalue weighted by Crippen LogP contribution is 2.37. The van der Waals surface area contributed by atoms with Crippen molar-refractivity contribution in [2.45, 2.75) is 19.4 Å². The summed E-state index contributed by atoms with van der Waals surface area (Å²) in [5, 5.41) is 17.3. The van der Waals surface area contributed by atoms with Gasteiger partial charge in [-0.25, -0.2) is 4.79 Å². The standard InChI is InChI=1S/C24H22N2O3S/c1-2-14-29-24(28)17-7-10-18(11-8-17)26-22(20-6-4-15-30-20)19-12-9-16-5-3-13-25-21(16)23(19)27/h3-13,15,22,26-27H,2,14H2,1H3. The molecule has 0 spiro atoms. The number of aromatic hydroxyl groups is 1. The van der Waals surface area contributed by atoms with E-state index >= 15 is 0 Å². The van der Waals surface area contributed by atoms with Crippen molar-refractivity contribution in [1.82, 2.24) is 4.98 Å². The summed E-state index contributed by atoms with van der Waals surface area (Å²) in [4.78, 5) is 17.4. The summed E-state index contributed by atoms with van der Waals surface area (Å²) in [6, 6.07) is 18.6. The molecule has 0 saturated carbocycles. The van der Waals surface area contributed by atoms with Gasteiger partial charge < -0.3 is 15.2 Å². The van der Waals surface area contributed by atoms with Gasteiger partial charge in [-0.2, -0.15) is 0 Å². The molecule has 4 rings (SSSR count). The molecule has 5 nitrogen and oxygen atoms in total. The average molecular weight is 419 g/mol. The van der Waals surface area contributed by atoms with Gasteiger partial charge in [-0.05, 0) is 48.2 Å². The molecule has 0 aliphatic rings. The fraction of sp³-hybridized carbons (Fsp3) is 0.167. The van der Waals surface area contributed by atoms with Crippen LogP contribution in [0.4, 0.5) is 5.69 Å². The van der Waals surface area contributed by atoms with Gasteiger partial charge in [-0.15, -0.1) is 11.3 Å². The Morgan fingerprint density at radius 1 is 1.13 bits per heavy atom. The Kier molecular flexibility index (Phi) is 5.95. The van der Waals surface area contributed by atoms with Gasteiger partial charge in [0.25, 0.3) is 0 Å². The molecule has 2 aromatic heterocycles. The third kappa shape index (κ3) is 4.14. The van der Waals surface area contributed by atoms with Crippen LogP contribution in [0.2, 0.25) is 0 Å². The number of phenols is 1. The molecular formula is C24H22N2O3S. The van der Waals surface area contributed by atoms with Crippen LogP contribution in [0.3, 0.4) is 0 Å². The minimum Gasteiger partial charge on any atom is -0.505 e. The second-order valence-corrected chi connectivity index (χ2v) is 7.86. The summed E-state index contributed by atoms with van der Waals surface area (Å²) < 4.78 is 5.19. The Morgan fingerprint density at radius 3 is 2.70 bits per heavy atom. The molecule has 0 fully saturated rings. The van der Waals surface area contributed by atoms with E-state index in [2.05, 4.69) is 10.3 Å². The molecule has 30 heavy (non-hydrogen) atoms. The molecule has 2 aromatic carbocycles. The number of hydrogen-bond donors (Lipinski definition) is 2. The number of pyridine rings is 1. The first-order chi connectivity index (χ1) is 14.7. The van der Waals surface area contributed by atoms with Crippen LogP contribution in [-0.2, 0) is 4.74 Å². The van der Waals surface area contributed by atoms with Gasteiger partial charge >= 0.3 is 5.97 Å². The van der Waals surface area contributed by atoms with Crippen molar-refractivity contribution in [2.75, 3.05) is 11.9 Å². The molecule has 0 saturated heterocycles. The lowest BCUT2D eigenvalue weighted by Gasteiger charge is -2.21. The topological polar surface area (TPSA) is 71.5 Å². The van der Waals surface area contributed by atoms with Gasteiger partial charge in [0.2, 0.25) is 0 Å². The quantitative estimate of drug-likeness (QED) is 0.373. The van der Waals surface area contributed by atoms with Gasteiger partial charge in [0.05, 0.1) is 18.2 Å². The van der Waals surface area contributed by atoms with Crippen LogP contribution in [0.5, 0.6) is 5.75 Å². The van der Waals surface area contributed by atoms with Gasteiger partial charge in [0.15, 0.2) is 0 Å². The van der Waals surface area contributed by atoms with Crippen LogP contribution in [-0.4, -0.2) is 22.7 Å². The summed E-state index contributed by atoms with van der Waals surface area (Å²) in [5.74, 6) is -0.157. The van der Waals surface area contributed by atoms with E-state index in [4.69, 9.17) is 4.74 Å². The second-order valence-electron chi connectivity index (χ2n) is 6.88. The van der Waals surface area contributed by atoms with E-state index < -0.39 is 0 Å². The number of rotatable bonds is 7. The van der Waals surface area contributed by atoms with Crippen molar-refractivity contribution in [1.29, 1.82) is 0 Å². The number of ether oxygens (including phenoxy) is 1. The third-order valence-corrected chi connectivity index (χ3v) is 5.72. The van der Waals surface area contributed by atoms with Crippen molar-refractivity contribution >= 4 is 33.9 Å². The van der Waals surface area contributed by atoms with E-state index in [-0.39, 0.29) is 17.8 Å². The Balaban J connectivity index is 1.65. The van der Waals surface area contributed by atoms with Crippen LogP contribution in [0, 0.1) is 0 Å². The normalized spacial score (nSPS) is 11.9. The molecule has 6 heteroatoms. The van der Waals surface area contributed by atoms with Gasteiger partial charge in [-0.3, -0.25) is 4.98 Å². The van der Waals surface area contributed by atoms with Gasteiger partial charge in [-0.1, -0.05) is 31.2 Å². The van der Waals surface area contributed by atoms with Crippen molar-refractivity contribution < 1.29 is 14.6 Å². The molecule has 0 aliphatic carbocycles. The SMILES string of the molecule is CCCOC(=O)c1ccc(NC(c2cccs2)c2ccc3cccnc3c2O)cc1. The summed E-state index contributed by atoms with van der Waals surface area (Å²) in [6.07, 6.45) is 2.47. The Morgan fingerprint density at radius 2 is 1.97 bits per heavy atom. The molecule has 0 aliphatic heterocycles. The summed E-state index contributed by atoms with van der Waals surface area (Å²) in [5.41, 5.74) is 2.67. The highest BCUT2D eigenvalue weighted by Gasteiger charge is 2.21. The highest BCUT2D eigenvalue weighted by molar-refractivity contribution is 7.10. The number of phenolic OH excluding ortho intramolecular Hbond substituents is 1. The second kappa shape index (κ2) is 8.97. The number of aromatic nitrogens is 1. The fourth-order valence-electron chi connectivity index (χ4n) is 3.28. The maximum Gasteiger partial charge on any atom is 0.338 e. The lowest BCUT2D eigenvalue weighted by atomic mass is 10.0. The number of nitrogens with zero attached hydrogens (tertiary/aromatic N) is 1. The number of hydrogen-bond acceptors (Lipinski definition) is 6. The van der Waals surface area contributed by atoms with Crippen LogP contribution in [0.25, 0.3) is 10.9 Å². The minimum atomic E-state index is -0.323. The van der Waals surface area contributed by atoms with E-state index in [1.54, 1.807) is 29.7 Å². The molecule has 1 unspecified atom stereocenters. The summed E-state index contributed by atoms with van der Waals surface area (Å²) >= 11 is 1.61. The van der Waals surface area contributed by atoms with E-state index in [1.807, 2.05) is 60.8 Å². The lowest BCUT2D eigenvalue weighted by molar-refractivity contribution is 0.0505. The molecule has 0 amide bonds. The lowest BCUT2D eigenvalue weighted by Crippen LogP contribution is -2.12. The zero-order chi connectivity index (χ0) is 20.9. The smallest absolute Gasteiger partial charge is 0.338 e. The number of esters is 1. The Hall–Kier alpha value is -3.38. The van der Waals surface area contributed by atoms with Crippen LogP contribution in [0.15, 0.2) is 72.2 Å². The zero-order valence-corrected chi connectivity index (χ0v) is 17.4. The van der Waals surface area contributed by atoms with E-state index in [0.717, 1.165) is 27.9 Å². The number of fused-ring (bicyclic) bond motifs is 1. The predicted molar refractivity (Wildman–Crippen MR) is 120 cm³/mol. The van der Waals surface area contributed by atoms with Crippen molar-refractivity contribution in [3.63, 3.8) is 0 Å². The third-order valence-electron chi connectivity index (χ3n) is 4.79. The highest BCUT2D eigenvalue weighted by atomic mass is 32.1. The minimum absolute atomic E-state index is 0.166. The first kappa shape index (κ1) is 19.9. The molecule has 1 atom stereocenters. The molecular weight excluding hydrogens is 396 g/mol. The number of anilines is 1. The number of thiophene rings is 1. The number of carbonyl (C=O) groups excluding carboxylic acids is 1. The molecule has 2 N–H and O–H groups in total. The zero-order valence-electron chi connectivity index (χ0n) is 16.5. The van der Waals surface area contributed by atoms with Crippen LogP contribution in [0.1, 0.15) is 40.2 Å². The molecule has 0 radical (unpaired) electrons. The molecule has 0 bridgehead atoms. The van der Waals surface area contributed by atoms with Gasteiger partial charge in [0, 0.05) is 27.7 Å². The summed E-state index contributed by atoms with van der Waals surface area (Å²) in [7, 11) is 0. The van der Waals surface area contributed by atoms with E-state index in [9.17, 15) is 9.90 Å². The maximum absolute atomic E-state index is 12.0. The molecule has 2 heterocycles. The van der Waals surface area contributed by atoms with E-state index in [0.29, 0.717) is 17.7 Å². The molecule has 4 aromatic rings. The maximum atomic E-state index is 12.0. The van der Waals surface area contributed by atoms with Crippen molar-refractivity contribution in [3.8, 4) is 5.75 Å². The van der Waals surface area contributed by atoms with Gasteiger partial charge in [0.1, 0.15) is 11.3 Å². The predicted octanol–water partition coefficient (Wildman–Crippen LogP) is 5.77. The number of carbonyl (C=O) groups is 1. The summed E-state index contributed by atoms with van der Waals surface area (Å²) in [6.45, 7) is 2.37. The monoisotopic (exact) mass is 418 g/mol. The fourth-order valence-corrected chi connectivity index (χ4v) is 4.08. The van der Waals surface area contributed by atoms with Crippen LogP contribution >= 0.6 is 11.3 Å².